The Hall–Kier alpha value is -0.540. The number of nitrogens with two attached hydrogens (primary N) is 1. The Morgan fingerprint density at radius 3 is 2.26 bits per heavy atom. The molecule has 106 valence electrons. The normalized spacial score (nSPS) is 45.7. The van der Waals surface area contributed by atoms with E-state index in [2.05, 4.69) is 11.5 Å². The summed E-state index contributed by atoms with van der Waals surface area (Å²) < 4.78 is 5.94. The van der Waals surface area contributed by atoms with Gasteiger partial charge < -0.3 is 4.74 Å². The zero-order valence-corrected chi connectivity index (χ0v) is 11.7. The average Bonchev–Trinajstić information content (AvgIpc) is 2.38. The van der Waals surface area contributed by atoms with Gasteiger partial charge in [-0.15, -0.1) is 0 Å². The molecular weight excluding hydrogens is 236 g/mol. The monoisotopic (exact) mass is 262 g/mol. The van der Waals surface area contributed by atoms with E-state index >= 15 is 0 Å². The molecule has 1 atom stereocenters. The number of hydrogen-bond acceptors (Lipinski definition) is 3. The minimum atomic E-state index is 0.265. The van der Waals surface area contributed by atoms with Crippen molar-refractivity contribution in [1.82, 2.24) is 5.43 Å². The summed E-state index contributed by atoms with van der Waals surface area (Å²) in [5, 5.41) is 0. The molecule has 1 unspecified atom stereocenters. The van der Waals surface area contributed by atoms with E-state index in [-0.39, 0.29) is 6.04 Å². The zero-order chi connectivity index (χ0) is 12.9. The van der Waals surface area contributed by atoms with Crippen LogP contribution in [0.5, 0.6) is 0 Å². The second kappa shape index (κ2) is 4.49. The molecular formula is C16H26N2O. The predicted octanol–water partition coefficient (Wildman–Crippen LogP) is 2.73. The van der Waals surface area contributed by atoms with E-state index in [0.717, 1.165) is 43.0 Å². The molecule has 3 nitrogen and oxygen atoms in total. The minimum Gasteiger partial charge on any atom is -0.497 e. The van der Waals surface area contributed by atoms with Crippen LogP contribution in [0, 0.1) is 23.2 Å². The third-order valence-electron chi connectivity index (χ3n) is 6.11. The Kier molecular flexibility index (Phi) is 2.89. The molecule has 4 saturated carbocycles. The van der Waals surface area contributed by atoms with Crippen LogP contribution in [-0.2, 0) is 4.74 Å². The maximum absolute atomic E-state index is 5.95. The molecule has 0 spiro atoms. The van der Waals surface area contributed by atoms with Crippen LogP contribution in [0.25, 0.3) is 0 Å². The van der Waals surface area contributed by atoms with Gasteiger partial charge >= 0.3 is 0 Å². The summed E-state index contributed by atoms with van der Waals surface area (Å²) in [6.45, 7) is 0.871. The second-order valence-corrected chi connectivity index (χ2v) is 7.48. The predicted molar refractivity (Wildman–Crippen MR) is 75.0 cm³/mol. The van der Waals surface area contributed by atoms with E-state index in [1.165, 1.54) is 38.5 Å². The summed E-state index contributed by atoms with van der Waals surface area (Å²) in [7, 11) is 0. The van der Waals surface area contributed by atoms with Gasteiger partial charge in [-0.2, -0.15) is 0 Å². The molecule has 4 bridgehead atoms. The number of ether oxygens (including phenoxy) is 1. The van der Waals surface area contributed by atoms with Gasteiger partial charge in [0.25, 0.3) is 0 Å². The van der Waals surface area contributed by atoms with Gasteiger partial charge in [0.1, 0.15) is 5.76 Å². The average molecular weight is 262 g/mol. The fraction of sp³-hybridized carbons (Fsp3) is 0.875. The van der Waals surface area contributed by atoms with Crippen LogP contribution in [0.3, 0.4) is 0 Å². The molecule has 3 N–H and O–H groups in total. The van der Waals surface area contributed by atoms with Crippen molar-refractivity contribution in [2.45, 2.75) is 57.4 Å². The highest BCUT2D eigenvalue weighted by atomic mass is 16.5. The Labute approximate surface area is 115 Å². The van der Waals surface area contributed by atoms with Gasteiger partial charge in [0.15, 0.2) is 0 Å². The lowest BCUT2D eigenvalue weighted by atomic mass is 9.47. The molecule has 4 fully saturated rings. The van der Waals surface area contributed by atoms with Crippen LogP contribution in [0.2, 0.25) is 0 Å². The molecule has 0 aromatic rings. The molecule has 4 aliphatic carbocycles. The number of rotatable bonds is 3. The van der Waals surface area contributed by atoms with Gasteiger partial charge in [0.05, 0.1) is 12.6 Å². The first-order valence-electron chi connectivity index (χ1n) is 8.08. The first kappa shape index (κ1) is 12.2. The van der Waals surface area contributed by atoms with E-state index in [9.17, 15) is 0 Å². The van der Waals surface area contributed by atoms with Crippen molar-refractivity contribution in [3.63, 3.8) is 0 Å². The van der Waals surface area contributed by atoms with E-state index in [4.69, 9.17) is 10.6 Å². The highest BCUT2D eigenvalue weighted by molar-refractivity contribution is 5.16. The Balaban J connectivity index is 1.63. The maximum atomic E-state index is 5.95. The van der Waals surface area contributed by atoms with Crippen LogP contribution < -0.4 is 11.3 Å². The molecule has 5 aliphatic rings. The molecule has 0 aromatic heterocycles. The van der Waals surface area contributed by atoms with Gasteiger partial charge in [0.2, 0.25) is 0 Å². The number of nitrogens with one attached hydrogen (secondary N) is 1. The van der Waals surface area contributed by atoms with E-state index in [0.29, 0.717) is 5.41 Å². The fourth-order valence-electron chi connectivity index (χ4n) is 5.87. The lowest BCUT2D eigenvalue weighted by Crippen LogP contribution is -2.58. The topological polar surface area (TPSA) is 47.3 Å². The van der Waals surface area contributed by atoms with Gasteiger partial charge in [0, 0.05) is 0 Å². The Bertz CT molecular complexity index is 355. The first-order chi connectivity index (χ1) is 9.29. The smallest absolute Gasteiger partial charge is 0.111 e. The molecule has 5 rings (SSSR count). The molecule has 0 aromatic carbocycles. The van der Waals surface area contributed by atoms with E-state index in [1.807, 2.05) is 0 Å². The molecule has 0 amide bonds. The van der Waals surface area contributed by atoms with Crippen molar-refractivity contribution in [3.05, 3.63) is 11.8 Å². The SMILES string of the molecule is NNC(C1=CCCCO1)C12CC3CC(CC(C3)C1)C2. The third kappa shape index (κ3) is 1.93. The molecule has 1 heterocycles. The number of allylic oxidation sites excluding steroid dienone is 1. The summed E-state index contributed by atoms with van der Waals surface area (Å²) in [4.78, 5) is 0. The summed E-state index contributed by atoms with van der Waals surface area (Å²) in [6, 6.07) is 0.265. The van der Waals surface area contributed by atoms with Crippen LogP contribution in [0.1, 0.15) is 51.4 Å². The van der Waals surface area contributed by atoms with Crippen molar-refractivity contribution in [1.29, 1.82) is 0 Å². The Morgan fingerprint density at radius 1 is 1.16 bits per heavy atom. The quantitative estimate of drug-likeness (QED) is 0.607. The van der Waals surface area contributed by atoms with E-state index in [1.54, 1.807) is 0 Å². The number of hydrogen-bond donors (Lipinski definition) is 2. The molecule has 19 heavy (non-hydrogen) atoms. The summed E-state index contributed by atoms with van der Waals surface area (Å²) >= 11 is 0. The van der Waals surface area contributed by atoms with E-state index < -0.39 is 0 Å². The zero-order valence-electron chi connectivity index (χ0n) is 11.7. The van der Waals surface area contributed by atoms with Crippen LogP contribution in [0.15, 0.2) is 11.8 Å². The number of hydrazine groups is 1. The van der Waals surface area contributed by atoms with Gasteiger partial charge in [-0.25, -0.2) is 5.43 Å². The highest BCUT2D eigenvalue weighted by Crippen LogP contribution is 2.62. The van der Waals surface area contributed by atoms with Gasteiger partial charge in [-0.05, 0) is 80.6 Å². The minimum absolute atomic E-state index is 0.265. The highest BCUT2D eigenvalue weighted by Gasteiger charge is 2.55. The van der Waals surface area contributed by atoms with Crippen molar-refractivity contribution >= 4 is 0 Å². The van der Waals surface area contributed by atoms with Crippen molar-refractivity contribution in [3.8, 4) is 0 Å². The van der Waals surface area contributed by atoms with Crippen molar-refractivity contribution in [2.24, 2.45) is 29.0 Å². The largest absolute Gasteiger partial charge is 0.497 e. The lowest BCUT2D eigenvalue weighted by molar-refractivity contribution is -0.0766. The first-order valence-corrected chi connectivity index (χ1v) is 8.08. The maximum Gasteiger partial charge on any atom is 0.111 e. The third-order valence-corrected chi connectivity index (χ3v) is 6.11. The van der Waals surface area contributed by atoms with Crippen LogP contribution >= 0.6 is 0 Å². The van der Waals surface area contributed by atoms with Crippen molar-refractivity contribution < 1.29 is 4.74 Å². The Morgan fingerprint density at radius 2 is 1.79 bits per heavy atom. The molecule has 1 aliphatic heterocycles. The van der Waals surface area contributed by atoms with Gasteiger partial charge in [-0.3, -0.25) is 5.84 Å². The summed E-state index contributed by atoms with van der Waals surface area (Å²) in [5.41, 5.74) is 3.53. The standard InChI is InChI=1S/C16H26N2O/c17-18-15(14-3-1-2-4-19-14)16-8-11-5-12(9-16)7-13(6-11)10-16/h3,11-13,15,18H,1-2,4-10,17H2. The van der Waals surface area contributed by atoms with Crippen LogP contribution in [0.4, 0.5) is 0 Å². The van der Waals surface area contributed by atoms with Crippen LogP contribution in [-0.4, -0.2) is 12.6 Å². The molecule has 0 saturated heterocycles. The summed E-state index contributed by atoms with van der Waals surface area (Å²) in [6.07, 6.45) is 13.1. The molecule has 0 radical (unpaired) electrons. The van der Waals surface area contributed by atoms with Gasteiger partial charge in [-0.1, -0.05) is 0 Å². The molecule has 3 heteroatoms. The second-order valence-electron chi connectivity index (χ2n) is 7.48. The summed E-state index contributed by atoms with van der Waals surface area (Å²) in [5.74, 6) is 10.00. The van der Waals surface area contributed by atoms with Crippen molar-refractivity contribution in [2.75, 3.05) is 6.61 Å². The lowest BCUT2D eigenvalue weighted by Gasteiger charge is -2.59. The fourth-order valence-corrected chi connectivity index (χ4v) is 5.87.